The first-order valence-corrected chi connectivity index (χ1v) is 6.21. The zero-order valence-corrected chi connectivity index (χ0v) is 10.5. The first-order chi connectivity index (χ1) is 7.74. The largest absolute Gasteiger partial charge is 0.314 e. The molecule has 4 nitrogen and oxygen atoms in total. The van der Waals surface area contributed by atoms with Crippen molar-refractivity contribution in [2.75, 3.05) is 19.6 Å². The smallest absolute Gasteiger partial charge is 0.0625 e. The molecule has 0 radical (unpaired) electrons. The third kappa shape index (κ3) is 2.28. The molecule has 4 heteroatoms. The maximum atomic E-state index is 4.49. The number of aryl methyl sites for hydroxylation is 2. The molecule has 2 rings (SSSR count). The van der Waals surface area contributed by atoms with E-state index in [1.807, 2.05) is 11.7 Å². The van der Waals surface area contributed by atoms with E-state index in [2.05, 4.69) is 35.2 Å². The van der Waals surface area contributed by atoms with E-state index in [9.17, 15) is 0 Å². The molecule has 0 aliphatic carbocycles. The first-order valence-electron chi connectivity index (χ1n) is 6.21. The quantitative estimate of drug-likeness (QED) is 0.799. The molecule has 1 fully saturated rings. The highest BCUT2D eigenvalue weighted by atomic mass is 15.3. The number of likely N-dealkylation sites (N-methyl/N-ethyl adjacent to an activating group) is 1. The van der Waals surface area contributed by atoms with Crippen LogP contribution in [0.3, 0.4) is 0 Å². The standard InChI is InChI=1S/C12H22N4/c1-4-10-6-11(15(3)14-10)9-16(5-2)12-7-13-8-12/h6,12-13H,4-5,7-9H2,1-3H3. The van der Waals surface area contributed by atoms with Gasteiger partial charge in [0.15, 0.2) is 0 Å². The van der Waals surface area contributed by atoms with Crippen molar-refractivity contribution in [3.63, 3.8) is 0 Å². The highest BCUT2D eigenvalue weighted by Crippen LogP contribution is 2.12. The summed E-state index contributed by atoms with van der Waals surface area (Å²) in [6.07, 6.45) is 1.02. The average Bonchev–Trinajstić information content (AvgIpc) is 2.56. The third-order valence-corrected chi connectivity index (χ3v) is 3.44. The summed E-state index contributed by atoms with van der Waals surface area (Å²) in [5.74, 6) is 0. The van der Waals surface area contributed by atoms with E-state index in [-0.39, 0.29) is 0 Å². The lowest BCUT2D eigenvalue weighted by Crippen LogP contribution is -2.56. The van der Waals surface area contributed by atoms with Gasteiger partial charge in [-0.15, -0.1) is 0 Å². The average molecular weight is 222 g/mol. The summed E-state index contributed by atoms with van der Waals surface area (Å²) in [5.41, 5.74) is 2.52. The van der Waals surface area contributed by atoms with Crippen LogP contribution < -0.4 is 5.32 Å². The fourth-order valence-electron chi connectivity index (χ4n) is 2.13. The number of hydrogen-bond donors (Lipinski definition) is 1. The van der Waals surface area contributed by atoms with Gasteiger partial charge >= 0.3 is 0 Å². The topological polar surface area (TPSA) is 33.1 Å². The Bertz CT molecular complexity index is 341. The molecule has 0 amide bonds. The maximum absolute atomic E-state index is 4.49. The number of nitrogens with zero attached hydrogens (tertiary/aromatic N) is 3. The van der Waals surface area contributed by atoms with Gasteiger partial charge in [0.2, 0.25) is 0 Å². The maximum Gasteiger partial charge on any atom is 0.0625 e. The Hall–Kier alpha value is -0.870. The van der Waals surface area contributed by atoms with Crippen LogP contribution in [0.4, 0.5) is 0 Å². The van der Waals surface area contributed by atoms with Crippen LogP contribution in [0.25, 0.3) is 0 Å². The number of nitrogens with one attached hydrogen (secondary N) is 1. The van der Waals surface area contributed by atoms with Crippen LogP contribution in [0.2, 0.25) is 0 Å². The molecule has 0 saturated carbocycles. The molecule has 1 aromatic rings. The lowest BCUT2D eigenvalue weighted by atomic mass is 10.1. The summed E-state index contributed by atoms with van der Waals surface area (Å²) in [6, 6.07) is 2.94. The van der Waals surface area contributed by atoms with Gasteiger partial charge in [0.05, 0.1) is 11.4 Å². The zero-order chi connectivity index (χ0) is 11.5. The van der Waals surface area contributed by atoms with Crippen molar-refractivity contribution in [3.8, 4) is 0 Å². The van der Waals surface area contributed by atoms with Crippen LogP contribution in [0.5, 0.6) is 0 Å². The minimum absolute atomic E-state index is 0.713. The van der Waals surface area contributed by atoms with Crippen LogP contribution in [0.15, 0.2) is 6.07 Å². The molecule has 2 heterocycles. The van der Waals surface area contributed by atoms with E-state index in [0.29, 0.717) is 6.04 Å². The van der Waals surface area contributed by atoms with Gasteiger partial charge in [-0.25, -0.2) is 0 Å². The molecular formula is C12H22N4. The highest BCUT2D eigenvalue weighted by molar-refractivity contribution is 5.10. The molecule has 1 aliphatic rings. The third-order valence-electron chi connectivity index (χ3n) is 3.44. The lowest BCUT2D eigenvalue weighted by Gasteiger charge is -2.37. The second kappa shape index (κ2) is 4.97. The van der Waals surface area contributed by atoms with Crippen LogP contribution in [0.1, 0.15) is 25.2 Å². The summed E-state index contributed by atoms with van der Waals surface area (Å²) in [7, 11) is 2.04. The minimum Gasteiger partial charge on any atom is -0.314 e. The molecule has 1 saturated heterocycles. The first kappa shape index (κ1) is 11.6. The SMILES string of the molecule is CCc1cc(CN(CC)C2CNC2)n(C)n1. The van der Waals surface area contributed by atoms with E-state index < -0.39 is 0 Å². The van der Waals surface area contributed by atoms with Gasteiger partial charge in [-0.1, -0.05) is 13.8 Å². The molecule has 0 aromatic carbocycles. The Balaban J connectivity index is 2.02. The Morgan fingerprint density at radius 1 is 1.50 bits per heavy atom. The van der Waals surface area contributed by atoms with Gasteiger partial charge in [-0.05, 0) is 19.0 Å². The zero-order valence-electron chi connectivity index (χ0n) is 10.5. The number of rotatable bonds is 5. The predicted molar refractivity (Wildman–Crippen MR) is 65.3 cm³/mol. The van der Waals surface area contributed by atoms with Crippen molar-refractivity contribution in [1.82, 2.24) is 20.0 Å². The Morgan fingerprint density at radius 2 is 2.25 bits per heavy atom. The number of aromatic nitrogens is 2. The molecule has 0 unspecified atom stereocenters. The predicted octanol–water partition coefficient (Wildman–Crippen LogP) is 0.776. The second-order valence-electron chi connectivity index (χ2n) is 4.48. The van der Waals surface area contributed by atoms with Crippen LogP contribution >= 0.6 is 0 Å². The minimum atomic E-state index is 0.713. The highest BCUT2D eigenvalue weighted by Gasteiger charge is 2.23. The molecule has 1 aromatic heterocycles. The van der Waals surface area contributed by atoms with Crippen molar-refractivity contribution >= 4 is 0 Å². The summed E-state index contributed by atoms with van der Waals surface area (Å²) in [4.78, 5) is 2.52. The van der Waals surface area contributed by atoms with Crippen molar-refractivity contribution in [1.29, 1.82) is 0 Å². The molecule has 0 bridgehead atoms. The molecular weight excluding hydrogens is 200 g/mol. The van der Waals surface area contributed by atoms with Gasteiger partial charge in [-0.3, -0.25) is 9.58 Å². The van der Waals surface area contributed by atoms with E-state index in [4.69, 9.17) is 0 Å². The fourth-order valence-corrected chi connectivity index (χ4v) is 2.13. The van der Waals surface area contributed by atoms with Gasteiger partial charge in [0.1, 0.15) is 0 Å². The van der Waals surface area contributed by atoms with E-state index in [0.717, 1.165) is 32.6 Å². The van der Waals surface area contributed by atoms with Crippen molar-refractivity contribution in [2.24, 2.45) is 7.05 Å². The van der Waals surface area contributed by atoms with Gasteiger partial charge < -0.3 is 5.32 Å². The van der Waals surface area contributed by atoms with Gasteiger partial charge in [0, 0.05) is 32.7 Å². The summed E-state index contributed by atoms with van der Waals surface area (Å²) in [5, 5.41) is 7.82. The Labute approximate surface area is 97.6 Å². The lowest BCUT2D eigenvalue weighted by molar-refractivity contribution is 0.142. The van der Waals surface area contributed by atoms with Crippen molar-refractivity contribution < 1.29 is 0 Å². The number of hydrogen-bond acceptors (Lipinski definition) is 3. The molecule has 0 atom stereocenters. The fraction of sp³-hybridized carbons (Fsp3) is 0.750. The van der Waals surface area contributed by atoms with E-state index in [1.54, 1.807) is 0 Å². The van der Waals surface area contributed by atoms with Crippen LogP contribution in [-0.4, -0.2) is 40.4 Å². The van der Waals surface area contributed by atoms with Gasteiger partial charge in [0.25, 0.3) is 0 Å². The molecule has 16 heavy (non-hydrogen) atoms. The Morgan fingerprint density at radius 3 is 2.69 bits per heavy atom. The van der Waals surface area contributed by atoms with Crippen LogP contribution in [-0.2, 0) is 20.0 Å². The summed E-state index contributed by atoms with van der Waals surface area (Å²) < 4.78 is 2.02. The summed E-state index contributed by atoms with van der Waals surface area (Å²) >= 11 is 0. The van der Waals surface area contributed by atoms with Crippen molar-refractivity contribution in [2.45, 2.75) is 32.9 Å². The molecule has 1 N–H and O–H groups in total. The molecule has 0 spiro atoms. The normalized spacial score (nSPS) is 16.8. The monoisotopic (exact) mass is 222 g/mol. The van der Waals surface area contributed by atoms with E-state index in [1.165, 1.54) is 11.4 Å². The van der Waals surface area contributed by atoms with E-state index >= 15 is 0 Å². The Kier molecular flexibility index (Phi) is 3.61. The molecule has 90 valence electrons. The second-order valence-corrected chi connectivity index (χ2v) is 4.48. The summed E-state index contributed by atoms with van der Waals surface area (Å²) in [6.45, 7) is 8.78. The van der Waals surface area contributed by atoms with Crippen LogP contribution in [0, 0.1) is 0 Å². The van der Waals surface area contributed by atoms with Crippen molar-refractivity contribution in [3.05, 3.63) is 17.5 Å². The molecule has 1 aliphatic heterocycles. The van der Waals surface area contributed by atoms with Gasteiger partial charge in [-0.2, -0.15) is 5.10 Å².